The number of rotatable bonds is 8. The van der Waals surface area contributed by atoms with Crippen molar-refractivity contribution in [3.8, 4) is 0 Å². The Morgan fingerprint density at radius 3 is 2.47 bits per heavy atom. The number of aliphatic hydroxyl groups is 1. The predicted octanol–water partition coefficient (Wildman–Crippen LogP) is 5.76. The molecular formula is C28H28N2O4S2. The molecule has 1 aliphatic heterocycles. The molecule has 1 aliphatic rings. The van der Waals surface area contributed by atoms with Crippen LogP contribution in [-0.4, -0.2) is 27.9 Å². The molecule has 8 heteroatoms. The van der Waals surface area contributed by atoms with Gasteiger partial charge in [-0.25, -0.2) is 4.98 Å². The molecular weight excluding hydrogens is 492 g/mol. The van der Waals surface area contributed by atoms with Crippen LogP contribution < -0.4 is 5.32 Å². The van der Waals surface area contributed by atoms with Gasteiger partial charge in [0.15, 0.2) is 10.6 Å². The summed E-state index contributed by atoms with van der Waals surface area (Å²) in [6.07, 6.45) is 0.0731. The molecule has 36 heavy (non-hydrogen) atoms. The number of fused-ring (bicyclic) bond motifs is 1. The van der Waals surface area contributed by atoms with Crippen LogP contribution in [0.15, 0.2) is 77.1 Å². The fourth-order valence-electron chi connectivity index (χ4n) is 4.12. The number of thiazole rings is 1. The van der Waals surface area contributed by atoms with E-state index in [0.29, 0.717) is 6.54 Å². The average Bonchev–Trinajstić information content (AvgIpc) is 3.34. The molecule has 6 nitrogen and oxygen atoms in total. The molecule has 3 unspecified atom stereocenters. The lowest BCUT2D eigenvalue weighted by atomic mass is 10.0. The van der Waals surface area contributed by atoms with Crippen molar-refractivity contribution < 1.29 is 19.4 Å². The number of ether oxygens (including phenoxy) is 2. The number of hydrogen-bond donors (Lipinski definition) is 2. The van der Waals surface area contributed by atoms with Crippen LogP contribution in [0.2, 0.25) is 0 Å². The Kier molecular flexibility index (Phi) is 7.99. The van der Waals surface area contributed by atoms with Crippen LogP contribution in [-0.2, 0) is 27.4 Å². The van der Waals surface area contributed by atoms with E-state index in [-0.39, 0.29) is 24.7 Å². The van der Waals surface area contributed by atoms with Gasteiger partial charge in [-0.3, -0.25) is 4.79 Å². The number of thioether (sulfide) groups is 1. The SMILES string of the molecule is CC(=O)NCc1ccc(C2OC(CSc3nc4ccccc4s3)CC(c3ccc(CO)cc3)O2)cc1. The first-order chi connectivity index (χ1) is 17.6. The summed E-state index contributed by atoms with van der Waals surface area (Å²) in [6, 6.07) is 24.1. The molecule has 1 saturated heterocycles. The van der Waals surface area contributed by atoms with Crippen LogP contribution >= 0.6 is 23.1 Å². The average molecular weight is 521 g/mol. The zero-order valence-corrected chi connectivity index (χ0v) is 21.6. The summed E-state index contributed by atoms with van der Waals surface area (Å²) in [4.78, 5) is 16.0. The van der Waals surface area contributed by atoms with E-state index in [2.05, 4.69) is 11.4 Å². The first-order valence-electron chi connectivity index (χ1n) is 11.9. The lowest BCUT2D eigenvalue weighted by Gasteiger charge is -2.36. The summed E-state index contributed by atoms with van der Waals surface area (Å²) in [5, 5.41) is 12.2. The summed E-state index contributed by atoms with van der Waals surface area (Å²) in [5.41, 5.74) is 4.92. The van der Waals surface area contributed by atoms with Crippen molar-refractivity contribution in [1.82, 2.24) is 10.3 Å². The van der Waals surface area contributed by atoms with Crippen molar-refractivity contribution in [2.75, 3.05) is 5.75 Å². The molecule has 0 spiro atoms. The molecule has 0 aliphatic carbocycles. The molecule has 186 valence electrons. The standard InChI is InChI=1S/C28H28N2O4S2/c1-18(32)29-15-19-6-12-22(13-7-19)27-33-23(14-25(34-27)21-10-8-20(16-31)9-11-21)17-35-28-30-24-4-2-3-5-26(24)36-28/h2-13,23,25,27,31H,14-17H2,1H3,(H,29,32). The highest BCUT2D eigenvalue weighted by molar-refractivity contribution is 8.01. The van der Waals surface area contributed by atoms with Gasteiger partial charge in [-0.05, 0) is 28.8 Å². The van der Waals surface area contributed by atoms with Gasteiger partial charge >= 0.3 is 0 Å². The van der Waals surface area contributed by atoms with Crippen molar-refractivity contribution in [2.24, 2.45) is 0 Å². The van der Waals surface area contributed by atoms with Crippen LogP contribution in [0.4, 0.5) is 0 Å². The minimum Gasteiger partial charge on any atom is -0.392 e. The second kappa shape index (κ2) is 11.5. The van der Waals surface area contributed by atoms with Crippen molar-refractivity contribution >= 4 is 39.2 Å². The van der Waals surface area contributed by atoms with Crippen LogP contribution in [0.25, 0.3) is 10.2 Å². The monoisotopic (exact) mass is 520 g/mol. The topological polar surface area (TPSA) is 80.7 Å². The normalized spacial score (nSPS) is 19.9. The zero-order chi connectivity index (χ0) is 24.9. The molecule has 0 saturated carbocycles. The molecule has 0 bridgehead atoms. The summed E-state index contributed by atoms with van der Waals surface area (Å²) < 4.78 is 15.1. The molecule has 1 aromatic heterocycles. The van der Waals surface area contributed by atoms with E-state index in [9.17, 15) is 9.90 Å². The fraction of sp³-hybridized carbons (Fsp3) is 0.286. The van der Waals surface area contributed by atoms with Gasteiger partial charge in [0.2, 0.25) is 5.91 Å². The van der Waals surface area contributed by atoms with Crippen molar-refractivity contribution in [1.29, 1.82) is 0 Å². The fourth-order valence-corrected chi connectivity index (χ4v) is 6.23. The smallest absolute Gasteiger partial charge is 0.217 e. The number of aromatic nitrogens is 1. The number of nitrogens with zero attached hydrogens (tertiary/aromatic N) is 1. The third-order valence-corrected chi connectivity index (χ3v) is 8.39. The van der Waals surface area contributed by atoms with E-state index in [0.717, 1.165) is 44.3 Å². The van der Waals surface area contributed by atoms with E-state index in [4.69, 9.17) is 14.5 Å². The summed E-state index contributed by atoms with van der Waals surface area (Å²) in [7, 11) is 0. The molecule has 2 heterocycles. The number of carbonyl (C=O) groups is 1. The van der Waals surface area contributed by atoms with Gasteiger partial charge in [0.25, 0.3) is 0 Å². The Balaban J connectivity index is 1.32. The Morgan fingerprint density at radius 2 is 1.75 bits per heavy atom. The summed E-state index contributed by atoms with van der Waals surface area (Å²) >= 11 is 3.42. The molecule has 2 N–H and O–H groups in total. The first kappa shape index (κ1) is 24.9. The van der Waals surface area contributed by atoms with E-state index in [1.165, 1.54) is 11.6 Å². The van der Waals surface area contributed by atoms with Gasteiger partial charge < -0.3 is 19.9 Å². The third-order valence-electron chi connectivity index (χ3n) is 6.08. The number of hydrogen-bond acceptors (Lipinski definition) is 7. The molecule has 1 fully saturated rings. The first-order valence-corrected chi connectivity index (χ1v) is 13.7. The van der Waals surface area contributed by atoms with Gasteiger partial charge in [0, 0.05) is 31.2 Å². The van der Waals surface area contributed by atoms with Gasteiger partial charge in [0.05, 0.1) is 29.0 Å². The van der Waals surface area contributed by atoms with Crippen molar-refractivity contribution in [2.45, 2.75) is 49.3 Å². The number of carbonyl (C=O) groups excluding carboxylic acids is 1. The number of aliphatic hydroxyl groups excluding tert-OH is 1. The minimum atomic E-state index is -0.503. The molecule has 3 aromatic carbocycles. The summed E-state index contributed by atoms with van der Waals surface area (Å²) in [6.45, 7) is 2.02. The number of nitrogens with one attached hydrogen (secondary N) is 1. The Bertz CT molecular complexity index is 1270. The van der Waals surface area contributed by atoms with Crippen LogP contribution in [0, 0.1) is 0 Å². The maximum absolute atomic E-state index is 11.2. The number of benzene rings is 3. The Morgan fingerprint density at radius 1 is 1.03 bits per heavy atom. The highest BCUT2D eigenvalue weighted by Gasteiger charge is 2.32. The maximum Gasteiger partial charge on any atom is 0.217 e. The largest absolute Gasteiger partial charge is 0.392 e. The molecule has 4 aromatic rings. The molecule has 1 amide bonds. The molecule has 5 rings (SSSR count). The maximum atomic E-state index is 11.2. The van der Waals surface area contributed by atoms with Crippen LogP contribution in [0.3, 0.4) is 0 Å². The van der Waals surface area contributed by atoms with Gasteiger partial charge in [-0.1, -0.05) is 72.4 Å². The number of para-hydroxylation sites is 1. The van der Waals surface area contributed by atoms with Gasteiger partial charge in [-0.15, -0.1) is 11.3 Å². The molecule has 0 radical (unpaired) electrons. The zero-order valence-electron chi connectivity index (χ0n) is 19.9. The summed E-state index contributed by atoms with van der Waals surface area (Å²) in [5.74, 6) is 0.715. The minimum absolute atomic E-state index is 0.0177. The quantitative estimate of drug-likeness (QED) is 0.288. The van der Waals surface area contributed by atoms with Crippen molar-refractivity contribution in [3.05, 3.63) is 95.1 Å². The van der Waals surface area contributed by atoms with E-state index >= 15 is 0 Å². The molecule has 3 atom stereocenters. The lowest BCUT2D eigenvalue weighted by molar-refractivity contribution is -0.245. The van der Waals surface area contributed by atoms with Gasteiger partial charge in [-0.2, -0.15) is 0 Å². The van der Waals surface area contributed by atoms with E-state index < -0.39 is 6.29 Å². The second-order valence-corrected chi connectivity index (χ2v) is 11.1. The highest BCUT2D eigenvalue weighted by atomic mass is 32.2. The lowest BCUT2D eigenvalue weighted by Crippen LogP contribution is -2.31. The predicted molar refractivity (Wildman–Crippen MR) is 143 cm³/mol. The van der Waals surface area contributed by atoms with Crippen LogP contribution in [0.5, 0.6) is 0 Å². The van der Waals surface area contributed by atoms with E-state index in [1.54, 1.807) is 23.1 Å². The highest BCUT2D eigenvalue weighted by Crippen LogP contribution is 2.40. The van der Waals surface area contributed by atoms with Crippen LogP contribution in [0.1, 0.15) is 48.0 Å². The van der Waals surface area contributed by atoms with Gasteiger partial charge in [0.1, 0.15) is 0 Å². The third kappa shape index (κ3) is 6.14. The van der Waals surface area contributed by atoms with E-state index in [1.807, 2.05) is 66.7 Å². The Hall–Kier alpha value is -2.75. The number of amides is 1. The Labute approximate surface area is 218 Å². The van der Waals surface area contributed by atoms with Crippen molar-refractivity contribution in [3.63, 3.8) is 0 Å². The second-order valence-electron chi connectivity index (χ2n) is 8.76.